The van der Waals surface area contributed by atoms with Gasteiger partial charge in [0, 0.05) is 26.1 Å². The summed E-state index contributed by atoms with van der Waals surface area (Å²) in [5.74, 6) is -0.403. The summed E-state index contributed by atoms with van der Waals surface area (Å²) in [4.78, 5) is 23.2. The molecule has 0 bridgehead atoms. The van der Waals surface area contributed by atoms with E-state index in [1.54, 1.807) is 4.90 Å². The van der Waals surface area contributed by atoms with Gasteiger partial charge in [-0.25, -0.2) is 4.79 Å². The van der Waals surface area contributed by atoms with Crippen LogP contribution in [0.5, 0.6) is 0 Å². The summed E-state index contributed by atoms with van der Waals surface area (Å²) in [6.07, 6.45) is 0.188. The van der Waals surface area contributed by atoms with Crippen LogP contribution >= 0.6 is 0 Å². The fraction of sp³-hybridized carbons (Fsp3) is 0.750. The first kappa shape index (κ1) is 11.7. The maximum atomic E-state index is 11.2. The lowest BCUT2D eigenvalue weighted by Crippen LogP contribution is -2.40. The molecule has 3 N–H and O–H groups in total. The third-order valence-corrected chi connectivity index (χ3v) is 1.70. The Labute approximate surface area is 78.3 Å². The topological polar surface area (TPSA) is 75.4 Å². The number of urea groups is 1. The Morgan fingerprint density at radius 3 is 2.23 bits per heavy atom. The van der Waals surface area contributed by atoms with E-state index in [0.717, 1.165) is 0 Å². The van der Waals surface area contributed by atoms with E-state index in [1.807, 2.05) is 13.8 Å². The minimum Gasteiger partial charge on any atom is -0.370 e. The van der Waals surface area contributed by atoms with Crippen molar-refractivity contribution in [2.45, 2.75) is 20.3 Å². The van der Waals surface area contributed by atoms with Crippen molar-refractivity contribution in [1.29, 1.82) is 0 Å². The number of hydrogen-bond acceptors (Lipinski definition) is 2. The third kappa shape index (κ3) is 5.05. The molecule has 0 radical (unpaired) electrons. The number of rotatable bonds is 5. The average Bonchev–Trinajstić information content (AvgIpc) is 2.05. The van der Waals surface area contributed by atoms with Gasteiger partial charge in [0.05, 0.1) is 0 Å². The molecule has 0 spiro atoms. The Hall–Kier alpha value is -1.26. The number of carbonyl (C=O) groups is 2. The first-order valence-corrected chi connectivity index (χ1v) is 4.42. The van der Waals surface area contributed by atoms with Gasteiger partial charge >= 0.3 is 6.03 Å². The first-order valence-electron chi connectivity index (χ1n) is 4.42. The molecular formula is C8H17N3O2. The van der Waals surface area contributed by atoms with Gasteiger partial charge in [-0.1, -0.05) is 0 Å². The zero-order valence-corrected chi connectivity index (χ0v) is 8.17. The van der Waals surface area contributed by atoms with Crippen LogP contribution in [0.25, 0.3) is 0 Å². The molecule has 0 unspecified atom stereocenters. The van der Waals surface area contributed by atoms with Crippen LogP contribution in [0.15, 0.2) is 0 Å². The highest BCUT2D eigenvalue weighted by molar-refractivity contribution is 5.76. The van der Waals surface area contributed by atoms with Crippen molar-refractivity contribution in [3.8, 4) is 0 Å². The molecule has 5 heteroatoms. The van der Waals surface area contributed by atoms with Crippen molar-refractivity contribution in [2.75, 3.05) is 19.6 Å². The Balaban J connectivity index is 3.66. The minimum absolute atomic E-state index is 0.147. The second-order valence-corrected chi connectivity index (χ2v) is 2.62. The summed E-state index contributed by atoms with van der Waals surface area (Å²) in [6.45, 7) is 5.44. The van der Waals surface area contributed by atoms with Crippen molar-refractivity contribution in [3.63, 3.8) is 0 Å². The molecule has 5 nitrogen and oxygen atoms in total. The largest absolute Gasteiger partial charge is 0.370 e. The van der Waals surface area contributed by atoms with Gasteiger partial charge in [-0.3, -0.25) is 4.79 Å². The molecule has 3 amide bonds. The van der Waals surface area contributed by atoms with Gasteiger partial charge in [0.15, 0.2) is 0 Å². The Morgan fingerprint density at radius 2 is 1.85 bits per heavy atom. The van der Waals surface area contributed by atoms with E-state index in [4.69, 9.17) is 5.73 Å². The molecule has 0 heterocycles. The van der Waals surface area contributed by atoms with Crippen LogP contribution in [0.1, 0.15) is 20.3 Å². The van der Waals surface area contributed by atoms with E-state index in [0.29, 0.717) is 19.6 Å². The van der Waals surface area contributed by atoms with Crippen LogP contribution in [0.2, 0.25) is 0 Å². The lowest BCUT2D eigenvalue weighted by atomic mass is 10.4. The molecular weight excluding hydrogens is 170 g/mol. The first-order chi connectivity index (χ1) is 6.11. The molecule has 0 aromatic carbocycles. The average molecular weight is 187 g/mol. The van der Waals surface area contributed by atoms with Crippen LogP contribution in [0.4, 0.5) is 4.79 Å². The summed E-state index contributed by atoms with van der Waals surface area (Å²) < 4.78 is 0. The van der Waals surface area contributed by atoms with Gasteiger partial charge in [0.2, 0.25) is 5.91 Å². The number of hydrogen-bond donors (Lipinski definition) is 2. The molecule has 0 atom stereocenters. The predicted molar refractivity (Wildman–Crippen MR) is 50.1 cm³/mol. The molecule has 0 aromatic heterocycles. The van der Waals surface area contributed by atoms with Crippen LogP contribution in [-0.2, 0) is 4.79 Å². The van der Waals surface area contributed by atoms with Crippen molar-refractivity contribution in [3.05, 3.63) is 0 Å². The molecule has 76 valence electrons. The highest BCUT2D eigenvalue weighted by Crippen LogP contribution is 1.87. The molecule has 13 heavy (non-hydrogen) atoms. The normalized spacial score (nSPS) is 9.38. The molecule has 0 fully saturated rings. The zero-order chi connectivity index (χ0) is 10.3. The molecule has 0 aliphatic heterocycles. The van der Waals surface area contributed by atoms with Gasteiger partial charge in [0.25, 0.3) is 0 Å². The van der Waals surface area contributed by atoms with E-state index in [-0.39, 0.29) is 12.5 Å². The number of primary amides is 1. The van der Waals surface area contributed by atoms with Crippen molar-refractivity contribution >= 4 is 11.9 Å². The van der Waals surface area contributed by atoms with E-state index in [1.165, 1.54) is 0 Å². The highest BCUT2D eigenvalue weighted by atomic mass is 16.2. The van der Waals surface area contributed by atoms with Gasteiger partial charge in [-0.15, -0.1) is 0 Å². The summed E-state index contributed by atoms with van der Waals surface area (Å²) in [5.41, 5.74) is 4.92. The molecule has 0 aliphatic rings. The lowest BCUT2D eigenvalue weighted by molar-refractivity contribution is -0.117. The summed E-state index contributed by atoms with van der Waals surface area (Å²) >= 11 is 0. The number of nitrogens with zero attached hydrogens (tertiary/aromatic N) is 1. The van der Waals surface area contributed by atoms with Crippen LogP contribution in [-0.4, -0.2) is 36.5 Å². The number of nitrogens with two attached hydrogens (primary N) is 1. The second-order valence-electron chi connectivity index (χ2n) is 2.62. The van der Waals surface area contributed by atoms with Gasteiger partial charge < -0.3 is 16.0 Å². The molecule has 0 rings (SSSR count). The Kier molecular flexibility index (Phi) is 5.67. The number of amides is 3. The highest BCUT2D eigenvalue weighted by Gasteiger charge is 2.07. The van der Waals surface area contributed by atoms with Crippen LogP contribution in [0.3, 0.4) is 0 Å². The smallest absolute Gasteiger partial charge is 0.317 e. The van der Waals surface area contributed by atoms with E-state index >= 15 is 0 Å². The predicted octanol–water partition coefficient (Wildman–Crippen LogP) is -0.0868. The maximum absolute atomic E-state index is 11.2. The minimum atomic E-state index is -0.403. The van der Waals surface area contributed by atoms with E-state index < -0.39 is 5.91 Å². The van der Waals surface area contributed by atoms with Gasteiger partial charge in [-0.2, -0.15) is 0 Å². The molecule has 0 saturated carbocycles. The molecule has 0 saturated heterocycles. The fourth-order valence-electron chi connectivity index (χ4n) is 0.915. The number of nitrogens with one attached hydrogen (secondary N) is 1. The SMILES string of the molecule is CCN(CC)C(=O)NCCC(N)=O. The van der Waals surface area contributed by atoms with Crippen LogP contribution < -0.4 is 11.1 Å². The monoisotopic (exact) mass is 187 g/mol. The van der Waals surface area contributed by atoms with Crippen molar-refractivity contribution in [2.24, 2.45) is 5.73 Å². The maximum Gasteiger partial charge on any atom is 0.317 e. The Bertz CT molecular complexity index is 178. The zero-order valence-electron chi connectivity index (χ0n) is 8.17. The fourth-order valence-corrected chi connectivity index (χ4v) is 0.915. The summed E-state index contributed by atoms with van der Waals surface area (Å²) in [6, 6.07) is -0.147. The Morgan fingerprint density at radius 1 is 1.31 bits per heavy atom. The van der Waals surface area contributed by atoms with E-state index in [9.17, 15) is 9.59 Å². The van der Waals surface area contributed by atoms with Crippen molar-refractivity contribution < 1.29 is 9.59 Å². The van der Waals surface area contributed by atoms with Gasteiger partial charge in [-0.05, 0) is 13.8 Å². The third-order valence-electron chi connectivity index (χ3n) is 1.70. The molecule has 0 aliphatic carbocycles. The quantitative estimate of drug-likeness (QED) is 0.631. The standard InChI is InChI=1S/C8H17N3O2/c1-3-11(4-2)8(13)10-6-5-7(9)12/h3-6H2,1-2H3,(H2,9,12)(H,10,13). The van der Waals surface area contributed by atoms with Gasteiger partial charge in [0.1, 0.15) is 0 Å². The summed E-state index contributed by atoms with van der Waals surface area (Å²) in [5, 5.41) is 2.60. The number of carbonyl (C=O) groups excluding carboxylic acids is 2. The van der Waals surface area contributed by atoms with Crippen molar-refractivity contribution in [1.82, 2.24) is 10.2 Å². The van der Waals surface area contributed by atoms with E-state index in [2.05, 4.69) is 5.32 Å². The van der Waals surface area contributed by atoms with Crippen LogP contribution in [0, 0.1) is 0 Å². The second kappa shape index (κ2) is 6.28. The summed E-state index contributed by atoms with van der Waals surface area (Å²) in [7, 11) is 0. The lowest BCUT2D eigenvalue weighted by Gasteiger charge is -2.18. The molecule has 0 aromatic rings.